The van der Waals surface area contributed by atoms with Gasteiger partial charge in [0.2, 0.25) is 0 Å². The van der Waals surface area contributed by atoms with Crippen molar-refractivity contribution >= 4 is 34.9 Å². The van der Waals surface area contributed by atoms with Gasteiger partial charge in [0, 0.05) is 24.0 Å². The summed E-state index contributed by atoms with van der Waals surface area (Å²) in [6.45, 7) is 6.68. The van der Waals surface area contributed by atoms with Gasteiger partial charge >= 0.3 is 5.97 Å². The molecule has 2 N–H and O–H groups in total. The summed E-state index contributed by atoms with van der Waals surface area (Å²) in [6, 6.07) is 14.0. The van der Waals surface area contributed by atoms with Crippen LogP contribution in [0, 0.1) is 0 Å². The number of hydrogen-bond donors (Lipinski definition) is 2. The van der Waals surface area contributed by atoms with Crippen LogP contribution < -0.4 is 15.4 Å². The first-order valence-electron chi connectivity index (χ1n) is 11.4. The van der Waals surface area contributed by atoms with Gasteiger partial charge in [-0.2, -0.15) is 0 Å². The van der Waals surface area contributed by atoms with Crippen LogP contribution in [0.5, 0.6) is 5.75 Å². The molecule has 7 nitrogen and oxygen atoms in total. The van der Waals surface area contributed by atoms with Gasteiger partial charge in [0.15, 0.2) is 5.11 Å². The molecule has 0 fully saturated rings. The van der Waals surface area contributed by atoms with Crippen molar-refractivity contribution in [2.75, 3.05) is 25.6 Å². The second-order valence-corrected chi connectivity index (χ2v) is 8.35. The Labute approximate surface area is 206 Å². The van der Waals surface area contributed by atoms with Crippen LogP contribution in [-0.2, 0) is 9.53 Å². The second-order valence-electron chi connectivity index (χ2n) is 7.96. The maximum Gasteiger partial charge on any atom is 0.338 e. The van der Waals surface area contributed by atoms with E-state index in [1.807, 2.05) is 26.1 Å². The van der Waals surface area contributed by atoms with E-state index >= 15 is 0 Å². The number of benzene rings is 2. The molecule has 34 heavy (non-hydrogen) atoms. The quantitative estimate of drug-likeness (QED) is 0.302. The summed E-state index contributed by atoms with van der Waals surface area (Å²) in [5, 5.41) is 6.64. The first-order valence-corrected chi connectivity index (χ1v) is 11.8. The third kappa shape index (κ3) is 5.94. The first-order chi connectivity index (χ1) is 16.3. The van der Waals surface area contributed by atoms with Crippen LogP contribution in [0.2, 0.25) is 0 Å². The third-order valence-corrected chi connectivity index (χ3v) is 6.03. The topological polar surface area (TPSA) is 79.9 Å². The molecule has 1 aliphatic heterocycles. The summed E-state index contributed by atoms with van der Waals surface area (Å²) < 4.78 is 10.9. The van der Waals surface area contributed by atoms with Crippen LogP contribution in [0.4, 0.5) is 5.69 Å². The summed E-state index contributed by atoms with van der Waals surface area (Å²) >= 11 is 5.42. The van der Waals surface area contributed by atoms with Crippen LogP contribution in [-0.4, -0.2) is 42.2 Å². The average molecular weight is 482 g/mol. The number of esters is 1. The number of anilines is 1. The molecule has 0 bridgehead atoms. The number of amides is 1. The largest absolute Gasteiger partial charge is 0.494 e. The van der Waals surface area contributed by atoms with Crippen LogP contribution >= 0.6 is 12.2 Å². The lowest BCUT2D eigenvalue weighted by molar-refractivity contribution is -0.139. The van der Waals surface area contributed by atoms with E-state index in [9.17, 15) is 9.59 Å². The maximum absolute atomic E-state index is 12.7. The van der Waals surface area contributed by atoms with Gasteiger partial charge < -0.3 is 25.0 Å². The molecular formula is C26H31N3O4S. The molecule has 0 spiro atoms. The number of carbonyl (C=O) groups excluding carboxylic acids is 2. The molecule has 1 unspecified atom stereocenters. The average Bonchev–Trinajstić information content (AvgIpc) is 2.83. The molecule has 1 amide bonds. The van der Waals surface area contributed by atoms with Gasteiger partial charge in [0.25, 0.3) is 5.91 Å². The molecule has 1 heterocycles. The van der Waals surface area contributed by atoms with E-state index in [1.54, 1.807) is 48.2 Å². The van der Waals surface area contributed by atoms with Gasteiger partial charge in [-0.1, -0.05) is 25.5 Å². The van der Waals surface area contributed by atoms with Crippen molar-refractivity contribution in [1.29, 1.82) is 0 Å². The summed E-state index contributed by atoms with van der Waals surface area (Å²) in [5.74, 6) is 0.152. The van der Waals surface area contributed by atoms with E-state index in [1.165, 1.54) is 0 Å². The van der Waals surface area contributed by atoms with E-state index in [4.69, 9.17) is 21.7 Å². The predicted octanol–water partition coefficient (Wildman–Crippen LogP) is 4.82. The lowest BCUT2D eigenvalue weighted by Crippen LogP contribution is -2.46. The number of nitrogens with one attached hydrogen (secondary N) is 2. The second kappa shape index (κ2) is 11.7. The fourth-order valence-corrected chi connectivity index (χ4v) is 3.81. The SMILES string of the molecule is CCCCOc1ccc(C(=O)Nc2ccc(C3NC(=S)N(C)C(C)=C3C(=O)OCC)cc2)cc1. The molecular weight excluding hydrogens is 450 g/mol. The van der Waals surface area contributed by atoms with Crippen molar-refractivity contribution in [2.24, 2.45) is 0 Å². The normalized spacial score (nSPS) is 15.6. The first kappa shape index (κ1) is 25.2. The standard InChI is InChI=1S/C26H31N3O4S/c1-5-7-16-33-21-14-10-19(11-15-21)24(30)27-20-12-8-18(9-13-20)23-22(25(31)32-6-2)17(3)29(4)26(34)28-23/h8-15,23H,5-7,16H2,1-4H3,(H,27,30)(H,28,34). The molecule has 3 rings (SSSR count). The molecule has 0 aliphatic carbocycles. The van der Waals surface area contributed by atoms with E-state index in [-0.39, 0.29) is 18.5 Å². The highest BCUT2D eigenvalue weighted by atomic mass is 32.1. The minimum Gasteiger partial charge on any atom is -0.494 e. The zero-order valence-electron chi connectivity index (χ0n) is 20.0. The molecule has 0 radical (unpaired) electrons. The van der Waals surface area contributed by atoms with Gasteiger partial charge in [-0.15, -0.1) is 0 Å². The Morgan fingerprint density at radius 3 is 2.38 bits per heavy atom. The van der Waals surface area contributed by atoms with Crippen molar-refractivity contribution in [3.8, 4) is 5.75 Å². The van der Waals surface area contributed by atoms with Crippen LogP contribution in [0.3, 0.4) is 0 Å². The monoisotopic (exact) mass is 481 g/mol. The molecule has 2 aromatic rings. The summed E-state index contributed by atoms with van der Waals surface area (Å²) in [6.07, 6.45) is 2.06. The highest BCUT2D eigenvalue weighted by molar-refractivity contribution is 7.80. The third-order valence-electron chi connectivity index (χ3n) is 5.63. The molecule has 0 saturated heterocycles. The number of allylic oxidation sites excluding steroid dienone is 1. The fraction of sp³-hybridized carbons (Fsp3) is 0.346. The smallest absolute Gasteiger partial charge is 0.338 e. The number of rotatable bonds is 9. The molecule has 0 aromatic heterocycles. The highest BCUT2D eigenvalue weighted by Gasteiger charge is 2.33. The van der Waals surface area contributed by atoms with Crippen molar-refractivity contribution in [1.82, 2.24) is 10.2 Å². The highest BCUT2D eigenvalue weighted by Crippen LogP contribution is 2.31. The van der Waals surface area contributed by atoms with Crippen molar-refractivity contribution in [3.63, 3.8) is 0 Å². The number of hydrogen-bond acceptors (Lipinski definition) is 5. The summed E-state index contributed by atoms with van der Waals surface area (Å²) in [4.78, 5) is 27.1. The molecule has 1 aliphatic rings. The lowest BCUT2D eigenvalue weighted by Gasteiger charge is -2.35. The molecule has 180 valence electrons. The van der Waals surface area contributed by atoms with E-state index in [0.29, 0.717) is 28.5 Å². The molecule has 2 aromatic carbocycles. The zero-order chi connectivity index (χ0) is 24.7. The van der Waals surface area contributed by atoms with Gasteiger partial charge in [-0.25, -0.2) is 4.79 Å². The van der Waals surface area contributed by atoms with Gasteiger partial charge in [0.1, 0.15) is 5.75 Å². The number of nitrogens with zero attached hydrogens (tertiary/aromatic N) is 1. The Hall–Kier alpha value is -3.39. The molecule has 0 saturated carbocycles. The number of carbonyl (C=O) groups is 2. The number of thiocarbonyl (C=S) groups is 1. The maximum atomic E-state index is 12.7. The summed E-state index contributed by atoms with van der Waals surface area (Å²) in [7, 11) is 1.81. The van der Waals surface area contributed by atoms with Crippen molar-refractivity contribution in [3.05, 3.63) is 70.9 Å². The van der Waals surface area contributed by atoms with E-state index in [2.05, 4.69) is 17.6 Å². The Morgan fingerprint density at radius 2 is 1.76 bits per heavy atom. The number of ether oxygens (including phenoxy) is 2. The Bertz CT molecular complexity index is 1060. The summed E-state index contributed by atoms with van der Waals surface area (Å²) in [5.41, 5.74) is 3.27. The molecule has 8 heteroatoms. The number of unbranched alkanes of at least 4 members (excludes halogenated alkanes) is 1. The minimum atomic E-state index is -0.437. The zero-order valence-corrected chi connectivity index (χ0v) is 20.8. The van der Waals surface area contributed by atoms with Crippen molar-refractivity contribution < 1.29 is 19.1 Å². The van der Waals surface area contributed by atoms with Crippen molar-refractivity contribution in [2.45, 2.75) is 39.7 Å². The van der Waals surface area contributed by atoms with Crippen LogP contribution in [0.25, 0.3) is 0 Å². The Kier molecular flexibility index (Phi) is 8.65. The predicted molar refractivity (Wildman–Crippen MR) is 137 cm³/mol. The van der Waals surface area contributed by atoms with Gasteiger partial charge in [-0.05, 0) is 74.4 Å². The van der Waals surface area contributed by atoms with E-state index in [0.717, 1.165) is 29.9 Å². The molecule has 1 atom stereocenters. The van der Waals surface area contributed by atoms with Crippen LogP contribution in [0.15, 0.2) is 59.8 Å². The lowest BCUT2D eigenvalue weighted by atomic mass is 9.95. The van der Waals surface area contributed by atoms with E-state index < -0.39 is 6.04 Å². The Morgan fingerprint density at radius 1 is 1.09 bits per heavy atom. The van der Waals surface area contributed by atoms with Gasteiger partial charge in [0.05, 0.1) is 24.8 Å². The Balaban J connectivity index is 1.72. The minimum absolute atomic E-state index is 0.214. The fourth-order valence-electron chi connectivity index (χ4n) is 3.56. The van der Waals surface area contributed by atoms with Crippen LogP contribution in [0.1, 0.15) is 55.6 Å². The van der Waals surface area contributed by atoms with Gasteiger partial charge in [-0.3, -0.25) is 4.79 Å².